The van der Waals surface area contributed by atoms with Crippen LogP contribution in [0.1, 0.15) is 5.69 Å². The van der Waals surface area contributed by atoms with Crippen molar-refractivity contribution in [3.8, 4) is 0 Å². The Bertz CT molecular complexity index is 939. The van der Waals surface area contributed by atoms with E-state index in [4.69, 9.17) is 0 Å². The number of fused-ring (bicyclic) bond motifs is 1. The first-order chi connectivity index (χ1) is 11.3. The quantitative estimate of drug-likeness (QED) is 0.539. The van der Waals surface area contributed by atoms with Crippen molar-refractivity contribution in [1.29, 1.82) is 0 Å². The number of benzene rings is 1. The van der Waals surface area contributed by atoms with Crippen LogP contribution in [0.5, 0.6) is 0 Å². The zero-order valence-electron chi connectivity index (χ0n) is 12.5. The maximum atomic E-state index is 4.56. The number of para-hydroxylation sites is 1. The van der Waals surface area contributed by atoms with Gasteiger partial charge in [-0.15, -0.1) is 5.10 Å². The van der Waals surface area contributed by atoms with Crippen LogP contribution < -0.4 is 10.6 Å². The van der Waals surface area contributed by atoms with Gasteiger partial charge in [0, 0.05) is 23.6 Å². The van der Waals surface area contributed by atoms with Crippen LogP contribution in [0, 0.1) is 6.92 Å². The van der Waals surface area contributed by atoms with Gasteiger partial charge < -0.3 is 10.6 Å². The van der Waals surface area contributed by atoms with Crippen LogP contribution in [-0.2, 0) is 0 Å². The summed E-state index contributed by atoms with van der Waals surface area (Å²) in [6, 6.07) is 15.6. The number of nitrogens with zero attached hydrogens (tertiary/aromatic N) is 4. The van der Waals surface area contributed by atoms with Crippen LogP contribution in [0.15, 0.2) is 54.7 Å². The first kappa shape index (κ1) is 13.3. The van der Waals surface area contributed by atoms with Crippen LogP contribution >= 0.6 is 0 Å². The van der Waals surface area contributed by atoms with Gasteiger partial charge in [0.05, 0.1) is 0 Å². The lowest BCUT2D eigenvalue weighted by molar-refractivity contribution is 0.915. The Balaban J connectivity index is 1.72. The Labute approximate surface area is 132 Å². The molecule has 0 radical (unpaired) electrons. The van der Waals surface area contributed by atoms with Crippen LogP contribution in [-0.4, -0.2) is 24.8 Å². The second kappa shape index (κ2) is 5.45. The molecule has 0 unspecified atom stereocenters. The van der Waals surface area contributed by atoms with Crippen molar-refractivity contribution in [2.45, 2.75) is 6.92 Å². The van der Waals surface area contributed by atoms with Gasteiger partial charge in [-0.3, -0.25) is 5.10 Å². The van der Waals surface area contributed by atoms with E-state index in [1.165, 1.54) is 0 Å². The van der Waals surface area contributed by atoms with Crippen LogP contribution in [0.4, 0.5) is 23.3 Å². The minimum absolute atomic E-state index is 0.509. The van der Waals surface area contributed by atoms with E-state index >= 15 is 0 Å². The highest BCUT2D eigenvalue weighted by molar-refractivity contribution is 5.73. The number of hydrogen-bond acceptors (Lipinski definition) is 5. The first-order valence-corrected chi connectivity index (χ1v) is 7.24. The van der Waals surface area contributed by atoms with E-state index in [9.17, 15) is 0 Å². The van der Waals surface area contributed by atoms with Gasteiger partial charge in [-0.25, -0.2) is 4.52 Å². The largest absolute Gasteiger partial charge is 0.323 e. The Morgan fingerprint density at radius 3 is 2.70 bits per heavy atom. The Morgan fingerprint density at radius 1 is 1.04 bits per heavy atom. The summed E-state index contributed by atoms with van der Waals surface area (Å²) in [5, 5.41) is 18.0. The number of rotatable bonds is 4. The number of hydrogen-bond donors (Lipinski definition) is 3. The summed E-state index contributed by atoms with van der Waals surface area (Å²) in [6.07, 6.45) is 1.88. The van der Waals surface area contributed by atoms with E-state index in [2.05, 4.69) is 30.9 Å². The van der Waals surface area contributed by atoms with Crippen LogP contribution in [0.2, 0.25) is 0 Å². The summed E-state index contributed by atoms with van der Waals surface area (Å²) in [5.41, 5.74) is 2.79. The summed E-state index contributed by atoms with van der Waals surface area (Å²) in [6.45, 7) is 1.95. The third-order valence-electron chi connectivity index (χ3n) is 3.37. The predicted octanol–water partition coefficient (Wildman–Crippen LogP) is 3.25. The highest BCUT2D eigenvalue weighted by atomic mass is 15.3. The van der Waals surface area contributed by atoms with Gasteiger partial charge in [0.25, 0.3) is 0 Å². The molecular formula is C16H15N7. The van der Waals surface area contributed by atoms with Gasteiger partial charge in [-0.2, -0.15) is 10.1 Å². The fraction of sp³-hybridized carbons (Fsp3) is 0.0625. The molecule has 0 fully saturated rings. The third kappa shape index (κ3) is 2.71. The fourth-order valence-electron chi connectivity index (χ4n) is 2.33. The van der Waals surface area contributed by atoms with Gasteiger partial charge in [-0.1, -0.05) is 18.2 Å². The van der Waals surface area contributed by atoms with E-state index in [0.717, 1.165) is 22.7 Å². The smallest absolute Gasteiger partial charge is 0.247 e. The van der Waals surface area contributed by atoms with E-state index in [1.807, 2.05) is 61.7 Å². The van der Waals surface area contributed by atoms with E-state index < -0.39 is 0 Å². The summed E-state index contributed by atoms with van der Waals surface area (Å²) in [5.74, 6) is 1.92. The van der Waals surface area contributed by atoms with E-state index in [1.54, 1.807) is 4.52 Å². The maximum absolute atomic E-state index is 4.56. The second-order valence-corrected chi connectivity index (χ2v) is 5.17. The monoisotopic (exact) mass is 305 g/mol. The Kier molecular flexibility index (Phi) is 3.16. The van der Waals surface area contributed by atoms with Crippen molar-refractivity contribution >= 4 is 28.8 Å². The molecule has 0 amide bonds. The molecule has 0 aliphatic carbocycles. The van der Waals surface area contributed by atoms with Crippen molar-refractivity contribution in [1.82, 2.24) is 24.8 Å². The lowest BCUT2D eigenvalue weighted by atomic mass is 10.3. The summed E-state index contributed by atoms with van der Waals surface area (Å²) >= 11 is 0. The number of aromatic nitrogens is 5. The Hall–Kier alpha value is -3.35. The number of H-pyrrole nitrogens is 1. The van der Waals surface area contributed by atoms with Gasteiger partial charge in [0.2, 0.25) is 5.95 Å². The van der Waals surface area contributed by atoms with E-state index in [-0.39, 0.29) is 0 Å². The molecule has 3 aromatic heterocycles. The predicted molar refractivity (Wildman–Crippen MR) is 89.3 cm³/mol. The molecule has 23 heavy (non-hydrogen) atoms. The normalized spacial score (nSPS) is 10.8. The fourth-order valence-corrected chi connectivity index (χ4v) is 2.33. The van der Waals surface area contributed by atoms with Gasteiger partial charge >= 0.3 is 0 Å². The number of nitrogens with one attached hydrogen (secondary N) is 3. The summed E-state index contributed by atoms with van der Waals surface area (Å²) < 4.78 is 1.78. The van der Waals surface area contributed by atoms with E-state index in [0.29, 0.717) is 11.8 Å². The standard InChI is InChI=1S/C16H15N7/c1-11-10-14(21-20-11)18-15-13-8-5-9-23(13)22-16(19-15)17-12-6-3-2-4-7-12/h2-10H,1H3,(H3,17,18,19,20,21,22). The molecule has 1 aromatic carbocycles. The van der Waals surface area contributed by atoms with Crippen molar-refractivity contribution < 1.29 is 0 Å². The minimum atomic E-state index is 0.509. The highest BCUT2D eigenvalue weighted by Gasteiger charge is 2.09. The number of aromatic amines is 1. The minimum Gasteiger partial charge on any atom is -0.323 e. The molecule has 7 heteroatoms. The molecule has 0 saturated heterocycles. The highest BCUT2D eigenvalue weighted by Crippen LogP contribution is 2.21. The number of anilines is 4. The lowest BCUT2D eigenvalue weighted by Crippen LogP contribution is -2.05. The zero-order chi connectivity index (χ0) is 15.6. The van der Waals surface area contributed by atoms with Crippen molar-refractivity contribution in [3.63, 3.8) is 0 Å². The van der Waals surface area contributed by atoms with Gasteiger partial charge in [0.1, 0.15) is 5.52 Å². The Morgan fingerprint density at radius 2 is 1.91 bits per heavy atom. The first-order valence-electron chi connectivity index (χ1n) is 7.24. The molecule has 0 bridgehead atoms. The lowest BCUT2D eigenvalue weighted by Gasteiger charge is -2.09. The molecule has 114 valence electrons. The SMILES string of the molecule is Cc1cc(Nc2nc(Nc3ccccc3)nn3cccc23)n[nH]1. The van der Waals surface area contributed by atoms with Crippen molar-refractivity contribution in [2.24, 2.45) is 0 Å². The summed E-state index contributed by atoms with van der Waals surface area (Å²) in [4.78, 5) is 4.56. The number of aryl methyl sites for hydroxylation is 1. The molecule has 0 aliphatic heterocycles. The average molecular weight is 305 g/mol. The topological polar surface area (TPSA) is 82.9 Å². The third-order valence-corrected chi connectivity index (χ3v) is 3.37. The van der Waals surface area contributed by atoms with Crippen molar-refractivity contribution in [2.75, 3.05) is 10.6 Å². The molecule has 3 N–H and O–H groups in total. The molecule has 0 saturated carbocycles. The molecule has 0 atom stereocenters. The molecule has 7 nitrogen and oxygen atoms in total. The second-order valence-electron chi connectivity index (χ2n) is 5.17. The molecule has 3 heterocycles. The molecular weight excluding hydrogens is 290 g/mol. The van der Waals surface area contributed by atoms with Crippen LogP contribution in [0.25, 0.3) is 5.52 Å². The maximum Gasteiger partial charge on any atom is 0.247 e. The zero-order valence-corrected chi connectivity index (χ0v) is 12.5. The molecule has 4 aromatic rings. The van der Waals surface area contributed by atoms with Gasteiger partial charge in [0.15, 0.2) is 11.6 Å². The molecule has 0 aliphatic rings. The average Bonchev–Trinajstić information content (AvgIpc) is 3.17. The van der Waals surface area contributed by atoms with Crippen LogP contribution in [0.3, 0.4) is 0 Å². The summed E-state index contributed by atoms with van der Waals surface area (Å²) in [7, 11) is 0. The molecule has 4 rings (SSSR count). The van der Waals surface area contributed by atoms with Gasteiger partial charge in [-0.05, 0) is 31.2 Å². The molecule has 0 spiro atoms. The van der Waals surface area contributed by atoms with Crippen molar-refractivity contribution in [3.05, 3.63) is 60.4 Å².